The summed E-state index contributed by atoms with van der Waals surface area (Å²) in [6, 6.07) is 2.95. The maximum Gasteiger partial charge on any atom is 0.335 e. The quantitative estimate of drug-likeness (QED) is 0.667. The Bertz CT molecular complexity index is 417. The first kappa shape index (κ1) is 9.64. The second-order valence-corrected chi connectivity index (χ2v) is 3.49. The normalized spacial score (nSPS) is 14.3. The van der Waals surface area contributed by atoms with E-state index in [1.165, 1.54) is 12.1 Å². The van der Waals surface area contributed by atoms with Crippen LogP contribution in [0.5, 0.6) is 5.75 Å². The molecule has 2 rings (SSSR count). The van der Waals surface area contributed by atoms with Gasteiger partial charge in [0.25, 0.3) is 0 Å². The molecule has 5 heteroatoms. The van der Waals surface area contributed by atoms with Gasteiger partial charge in [0.05, 0.1) is 17.8 Å². The zero-order chi connectivity index (χ0) is 11.0. The average molecular weight is 208 g/mol. The predicted octanol–water partition coefficient (Wildman–Crippen LogP) is 0.796. The third-order valence-corrected chi connectivity index (χ3v) is 2.42. The Hall–Kier alpha value is -1.91. The van der Waals surface area contributed by atoms with Crippen LogP contribution in [0.4, 0.5) is 11.4 Å². The molecule has 0 aromatic heterocycles. The van der Waals surface area contributed by atoms with E-state index in [0.29, 0.717) is 18.0 Å². The Balaban J connectivity index is 2.55. The number of hydrogen-bond acceptors (Lipinski definition) is 4. The lowest BCUT2D eigenvalue weighted by Gasteiger charge is -2.29. The van der Waals surface area contributed by atoms with Gasteiger partial charge in [0.1, 0.15) is 18.0 Å². The minimum absolute atomic E-state index is 0.154. The molecule has 0 amide bonds. The zero-order valence-corrected chi connectivity index (χ0v) is 8.36. The van der Waals surface area contributed by atoms with Crippen LogP contribution in [0.15, 0.2) is 12.1 Å². The standard InChI is InChI=1S/C10H12N2O3/c1-12-2-3-15-8-5-6(10(13)14)4-7(11)9(8)12/h4-5H,2-3,11H2,1H3,(H,13,14). The third kappa shape index (κ3) is 1.56. The lowest BCUT2D eigenvalue weighted by molar-refractivity contribution is 0.0696. The van der Waals surface area contributed by atoms with E-state index in [1.54, 1.807) is 0 Å². The number of rotatable bonds is 1. The molecular weight excluding hydrogens is 196 g/mol. The van der Waals surface area contributed by atoms with Crippen molar-refractivity contribution < 1.29 is 14.6 Å². The predicted molar refractivity (Wildman–Crippen MR) is 56.6 cm³/mol. The number of nitrogen functional groups attached to an aromatic ring is 1. The zero-order valence-electron chi connectivity index (χ0n) is 8.36. The van der Waals surface area contributed by atoms with E-state index in [0.717, 1.165) is 12.2 Å². The van der Waals surface area contributed by atoms with Crippen molar-refractivity contribution in [2.75, 3.05) is 30.8 Å². The van der Waals surface area contributed by atoms with Crippen LogP contribution in [0.1, 0.15) is 10.4 Å². The second-order valence-electron chi connectivity index (χ2n) is 3.49. The molecule has 80 valence electrons. The average Bonchev–Trinajstić information content (AvgIpc) is 2.17. The van der Waals surface area contributed by atoms with Crippen molar-refractivity contribution >= 4 is 17.3 Å². The van der Waals surface area contributed by atoms with Crippen LogP contribution in [0, 0.1) is 0 Å². The van der Waals surface area contributed by atoms with Gasteiger partial charge in [-0.1, -0.05) is 0 Å². The van der Waals surface area contributed by atoms with Gasteiger partial charge in [-0.25, -0.2) is 4.79 Å². The number of hydrogen-bond donors (Lipinski definition) is 2. The summed E-state index contributed by atoms with van der Waals surface area (Å²) < 4.78 is 5.38. The second kappa shape index (κ2) is 3.34. The molecule has 0 saturated carbocycles. The number of carboxylic acids is 1. The molecular formula is C10H12N2O3. The van der Waals surface area contributed by atoms with Gasteiger partial charge in [-0.05, 0) is 12.1 Å². The molecule has 0 spiro atoms. The van der Waals surface area contributed by atoms with Gasteiger partial charge in [0.2, 0.25) is 0 Å². The Kier molecular flexibility index (Phi) is 2.15. The number of benzene rings is 1. The number of nitrogens with two attached hydrogens (primary N) is 1. The number of carbonyl (C=O) groups is 1. The van der Waals surface area contributed by atoms with Crippen LogP contribution in [-0.2, 0) is 0 Å². The van der Waals surface area contributed by atoms with Gasteiger partial charge < -0.3 is 20.5 Å². The number of aromatic carboxylic acids is 1. The molecule has 1 heterocycles. The summed E-state index contributed by atoms with van der Waals surface area (Å²) in [6.07, 6.45) is 0. The highest BCUT2D eigenvalue weighted by atomic mass is 16.5. The molecule has 1 aliphatic rings. The van der Waals surface area contributed by atoms with E-state index in [1.807, 2.05) is 11.9 Å². The van der Waals surface area contributed by atoms with Gasteiger partial charge in [-0.2, -0.15) is 0 Å². The highest BCUT2D eigenvalue weighted by Crippen LogP contribution is 2.37. The van der Waals surface area contributed by atoms with E-state index in [4.69, 9.17) is 15.6 Å². The van der Waals surface area contributed by atoms with Crippen molar-refractivity contribution in [1.82, 2.24) is 0 Å². The summed E-state index contributed by atoms with van der Waals surface area (Å²) >= 11 is 0. The minimum Gasteiger partial charge on any atom is -0.489 e. The molecule has 0 unspecified atom stereocenters. The van der Waals surface area contributed by atoms with Gasteiger partial charge >= 0.3 is 5.97 Å². The minimum atomic E-state index is -0.999. The molecule has 3 N–H and O–H groups in total. The van der Waals surface area contributed by atoms with E-state index < -0.39 is 5.97 Å². The highest BCUT2D eigenvalue weighted by Gasteiger charge is 2.20. The Labute approximate surface area is 87.1 Å². The van der Waals surface area contributed by atoms with Crippen LogP contribution in [-0.4, -0.2) is 31.3 Å². The van der Waals surface area contributed by atoms with Crippen LogP contribution in [0.25, 0.3) is 0 Å². The van der Waals surface area contributed by atoms with E-state index in [-0.39, 0.29) is 5.56 Å². The SMILES string of the molecule is CN1CCOc2cc(C(=O)O)cc(N)c21. The van der Waals surface area contributed by atoms with Crippen molar-refractivity contribution in [2.24, 2.45) is 0 Å². The summed E-state index contributed by atoms with van der Waals surface area (Å²) in [5, 5.41) is 8.85. The fourth-order valence-corrected chi connectivity index (χ4v) is 1.68. The number of ether oxygens (including phenoxy) is 1. The van der Waals surface area contributed by atoms with E-state index >= 15 is 0 Å². The van der Waals surface area contributed by atoms with Crippen molar-refractivity contribution in [1.29, 1.82) is 0 Å². The summed E-state index contributed by atoms with van der Waals surface area (Å²) in [7, 11) is 1.90. The third-order valence-electron chi connectivity index (χ3n) is 2.42. The van der Waals surface area contributed by atoms with E-state index in [9.17, 15) is 4.79 Å². The molecule has 1 aliphatic heterocycles. The topological polar surface area (TPSA) is 75.8 Å². The van der Waals surface area contributed by atoms with Crippen LogP contribution < -0.4 is 15.4 Å². The Morgan fingerprint density at radius 1 is 1.60 bits per heavy atom. The van der Waals surface area contributed by atoms with Gasteiger partial charge in [-0.15, -0.1) is 0 Å². The van der Waals surface area contributed by atoms with Crippen molar-refractivity contribution in [3.63, 3.8) is 0 Å². The lowest BCUT2D eigenvalue weighted by atomic mass is 10.1. The number of carboxylic acid groups (broad SMARTS) is 1. The Morgan fingerprint density at radius 2 is 2.33 bits per heavy atom. The van der Waals surface area contributed by atoms with E-state index in [2.05, 4.69) is 0 Å². The summed E-state index contributed by atoms with van der Waals surface area (Å²) in [5.74, 6) is -0.456. The molecule has 0 radical (unpaired) electrons. The van der Waals surface area contributed by atoms with Crippen LogP contribution in [0.2, 0.25) is 0 Å². The number of likely N-dealkylation sites (N-methyl/N-ethyl adjacent to an activating group) is 1. The molecule has 0 aliphatic carbocycles. The molecule has 0 fully saturated rings. The molecule has 0 bridgehead atoms. The smallest absolute Gasteiger partial charge is 0.335 e. The summed E-state index contributed by atoms with van der Waals surface area (Å²) in [6.45, 7) is 1.30. The first-order chi connectivity index (χ1) is 7.09. The van der Waals surface area contributed by atoms with Gasteiger partial charge in [-0.3, -0.25) is 0 Å². The fourth-order valence-electron chi connectivity index (χ4n) is 1.68. The number of nitrogens with zero attached hydrogens (tertiary/aromatic N) is 1. The van der Waals surface area contributed by atoms with Crippen LogP contribution in [0.3, 0.4) is 0 Å². The molecule has 5 nitrogen and oxygen atoms in total. The molecule has 0 saturated heterocycles. The first-order valence-electron chi connectivity index (χ1n) is 4.60. The number of fused-ring (bicyclic) bond motifs is 1. The highest BCUT2D eigenvalue weighted by molar-refractivity contribution is 5.92. The summed E-state index contributed by atoms with van der Waals surface area (Å²) in [5.41, 5.74) is 7.15. The lowest BCUT2D eigenvalue weighted by Crippen LogP contribution is -2.29. The molecule has 1 aromatic carbocycles. The van der Waals surface area contributed by atoms with Crippen molar-refractivity contribution in [2.45, 2.75) is 0 Å². The van der Waals surface area contributed by atoms with Crippen molar-refractivity contribution in [3.8, 4) is 5.75 Å². The first-order valence-corrected chi connectivity index (χ1v) is 4.60. The van der Waals surface area contributed by atoms with Crippen molar-refractivity contribution in [3.05, 3.63) is 17.7 Å². The fraction of sp³-hybridized carbons (Fsp3) is 0.300. The van der Waals surface area contributed by atoms with Gasteiger partial charge in [0.15, 0.2) is 0 Å². The summed E-state index contributed by atoms with van der Waals surface area (Å²) in [4.78, 5) is 12.8. The molecule has 0 atom stereocenters. The maximum absolute atomic E-state index is 10.8. The monoisotopic (exact) mass is 208 g/mol. The largest absolute Gasteiger partial charge is 0.489 e. The number of anilines is 2. The van der Waals surface area contributed by atoms with Crippen LogP contribution >= 0.6 is 0 Å². The maximum atomic E-state index is 10.8. The molecule has 1 aromatic rings. The van der Waals surface area contributed by atoms with Gasteiger partial charge in [0, 0.05) is 7.05 Å². The molecule has 15 heavy (non-hydrogen) atoms. The Morgan fingerprint density at radius 3 is 3.00 bits per heavy atom.